The van der Waals surface area contributed by atoms with Crippen LogP contribution in [0.4, 0.5) is 0 Å². The number of carbonyl (C=O) groups excluding carboxylic acids is 1. The van der Waals surface area contributed by atoms with Crippen LogP contribution in [-0.4, -0.2) is 34.9 Å². The van der Waals surface area contributed by atoms with E-state index in [9.17, 15) is 4.79 Å². The summed E-state index contributed by atoms with van der Waals surface area (Å²) in [6, 6.07) is 8.48. The Balaban J connectivity index is 2.20. The summed E-state index contributed by atoms with van der Waals surface area (Å²) in [5.41, 5.74) is 2.50. The number of hydrogen-bond acceptors (Lipinski definition) is 3. The average Bonchev–Trinajstić information content (AvgIpc) is 2.75. The lowest BCUT2D eigenvalue weighted by Crippen LogP contribution is -2.35. The summed E-state index contributed by atoms with van der Waals surface area (Å²) in [4.78, 5) is 14.3. The van der Waals surface area contributed by atoms with E-state index in [0.717, 1.165) is 13.0 Å². The van der Waals surface area contributed by atoms with E-state index in [2.05, 4.69) is 49.7 Å². The Morgan fingerprint density at radius 2 is 2.00 bits per heavy atom. The molecule has 3 nitrogen and oxygen atoms in total. The Morgan fingerprint density at radius 1 is 1.35 bits per heavy atom. The van der Waals surface area contributed by atoms with Crippen molar-refractivity contribution in [3.8, 4) is 0 Å². The molecule has 2 rings (SSSR count). The van der Waals surface area contributed by atoms with Gasteiger partial charge in [0.1, 0.15) is 6.17 Å². The lowest BCUT2D eigenvalue weighted by atomic mass is 10.1. The van der Waals surface area contributed by atoms with E-state index in [1.165, 1.54) is 11.1 Å². The maximum Gasteiger partial charge on any atom is 0.241 e. The number of amides is 1. The van der Waals surface area contributed by atoms with Crippen molar-refractivity contribution >= 4 is 17.7 Å². The molecular formula is C16H24N2OS. The predicted molar refractivity (Wildman–Crippen MR) is 85.8 cm³/mol. The smallest absolute Gasteiger partial charge is 0.241 e. The van der Waals surface area contributed by atoms with Crippen molar-refractivity contribution in [3.05, 3.63) is 35.4 Å². The number of thioether (sulfide) groups is 1. The topological polar surface area (TPSA) is 32.3 Å². The van der Waals surface area contributed by atoms with E-state index in [0.29, 0.717) is 5.25 Å². The molecule has 1 fully saturated rings. The fourth-order valence-electron chi connectivity index (χ4n) is 2.53. The van der Waals surface area contributed by atoms with Gasteiger partial charge in [0, 0.05) is 11.8 Å². The molecule has 0 spiro atoms. The van der Waals surface area contributed by atoms with Crippen LogP contribution in [0.5, 0.6) is 0 Å². The van der Waals surface area contributed by atoms with Crippen molar-refractivity contribution in [2.24, 2.45) is 0 Å². The van der Waals surface area contributed by atoms with Gasteiger partial charge >= 0.3 is 0 Å². The lowest BCUT2D eigenvalue weighted by Gasteiger charge is -2.27. The number of aryl methyl sites for hydroxylation is 1. The first-order valence-electron chi connectivity index (χ1n) is 7.25. The van der Waals surface area contributed by atoms with Gasteiger partial charge in [-0.1, -0.05) is 38.1 Å². The van der Waals surface area contributed by atoms with E-state index in [4.69, 9.17) is 0 Å². The van der Waals surface area contributed by atoms with Crippen LogP contribution >= 0.6 is 11.8 Å². The Hall–Kier alpha value is -1.00. The number of rotatable bonds is 5. The van der Waals surface area contributed by atoms with Gasteiger partial charge < -0.3 is 4.90 Å². The molecule has 3 unspecified atom stereocenters. The second kappa shape index (κ2) is 6.64. The first-order chi connectivity index (χ1) is 9.56. The van der Waals surface area contributed by atoms with E-state index in [-0.39, 0.29) is 18.1 Å². The molecule has 0 bridgehead atoms. The van der Waals surface area contributed by atoms with Crippen molar-refractivity contribution in [3.63, 3.8) is 0 Å². The number of benzene rings is 1. The molecule has 0 saturated carbocycles. The van der Waals surface area contributed by atoms with Gasteiger partial charge in [-0.15, -0.1) is 0 Å². The normalized spacial score (nSPS) is 24.2. The molecule has 20 heavy (non-hydrogen) atoms. The van der Waals surface area contributed by atoms with Gasteiger partial charge in [-0.2, -0.15) is 11.8 Å². The van der Waals surface area contributed by atoms with Crippen molar-refractivity contribution in [1.29, 1.82) is 0 Å². The molecule has 0 aliphatic carbocycles. The molecule has 1 aliphatic rings. The Morgan fingerprint density at radius 3 is 2.55 bits per heavy atom. The second-order valence-electron chi connectivity index (χ2n) is 5.42. The zero-order valence-corrected chi connectivity index (χ0v) is 13.5. The average molecular weight is 292 g/mol. The third-order valence-electron chi connectivity index (χ3n) is 3.93. The van der Waals surface area contributed by atoms with E-state index >= 15 is 0 Å². The van der Waals surface area contributed by atoms with Crippen LogP contribution in [0.3, 0.4) is 0 Å². The van der Waals surface area contributed by atoms with E-state index < -0.39 is 0 Å². The van der Waals surface area contributed by atoms with Gasteiger partial charge in [0.2, 0.25) is 5.91 Å². The summed E-state index contributed by atoms with van der Waals surface area (Å²) < 4.78 is 0. The van der Waals surface area contributed by atoms with Crippen molar-refractivity contribution in [2.75, 3.05) is 12.8 Å². The predicted octanol–water partition coefficient (Wildman–Crippen LogP) is 2.82. The van der Waals surface area contributed by atoms with Gasteiger partial charge in [-0.25, -0.2) is 0 Å². The summed E-state index contributed by atoms with van der Waals surface area (Å²) in [6.07, 6.45) is 3.15. The largest absolute Gasteiger partial charge is 0.320 e. The van der Waals surface area contributed by atoms with Gasteiger partial charge in [0.25, 0.3) is 0 Å². The highest BCUT2D eigenvalue weighted by atomic mass is 32.2. The van der Waals surface area contributed by atoms with Crippen LogP contribution in [-0.2, 0) is 11.2 Å². The van der Waals surface area contributed by atoms with Crippen molar-refractivity contribution < 1.29 is 4.79 Å². The number of hydrogen-bond donors (Lipinski definition) is 1. The van der Waals surface area contributed by atoms with E-state index in [1.54, 1.807) is 11.8 Å². The molecule has 4 heteroatoms. The minimum atomic E-state index is -0.0973. The fourth-order valence-corrected chi connectivity index (χ4v) is 2.84. The van der Waals surface area contributed by atoms with Gasteiger partial charge in [0.05, 0.1) is 6.04 Å². The summed E-state index contributed by atoms with van der Waals surface area (Å²) >= 11 is 1.80. The molecule has 110 valence electrons. The maximum atomic E-state index is 12.3. The Bertz CT molecular complexity index is 460. The van der Waals surface area contributed by atoms with Crippen molar-refractivity contribution in [1.82, 2.24) is 10.2 Å². The molecular weight excluding hydrogens is 268 g/mol. The zero-order chi connectivity index (χ0) is 14.7. The SMILES string of the molecule is CCc1ccc(C2NC(C)C(=O)N2CC(C)SC)cc1. The molecule has 1 amide bonds. The standard InChI is InChI=1S/C16H24N2OS/c1-5-13-6-8-14(9-7-13)15-17-12(3)16(19)18(15)10-11(2)20-4/h6-9,11-12,15,17H,5,10H2,1-4H3. The quantitative estimate of drug-likeness (QED) is 0.906. The fraction of sp³-hybridized carbons (Fsp3) is 0.562. The minimum Gasteiger partial charge on any atom is -0.320 e. The molecule has 0 radical (unpaired) electrons. The highest BCUT2D eigenvalue weighted by molar-refractivity contribution is 7.99. The summed E-state index contributed by atoms with van der Waals surface area (Å²) in [5, 5.41) is 3.85. The first-order valence-corrected chi connectivity index (χ1v) is 8.53. The highest BCUT2D eigenvalue weighted by Gasteiger charge is 2.37. The summed E-state index contributed by atoms with van der Waals surface area (Å²) in [7, 11) is 0. The van der Waals surface area contributed by atoms with E-state index in [1.807, 2.05) is 11.8 Å². The molecule has 1 aromatic carbocycles. The molecule has 3 atom stereocenters. The van der Waals surface area contributed by atoms with Crippen molar-refractivity contribution in [2.45, 2.75) is 44.6 Å². The highest BCUT2D eigenvalue weighted by Crippen LogP contribution is 2.27. The van der Waals surface area contributed by atoms with Crippen LogP contribution in [0, 0.1) is 0 Å². The number of nitrogens with zero attached hydrogens (tertiary/aromatic N) is 1. The second-order valence-corrected chi connectivity index (χ2v) is 6.70. The molecule has 1 saturated heterocycles. The van der Waals surface area contributed by atoms with Gasteiger partial charge in [0.15, 0.2) is 0 Å². The molecule has 0 aromatic heterocycles. The Kier molecular flexibility index (Phi) is 5.11. The molecule has 1 heterocycles. The monoisotopic (exact) mass is 292 g/mol. The summed E-state index contributed by atoms with van der Waals surface area (Å²) in [6.45, 7) is 7.05. The summed E-state index contributed by atoms with van der Waals surface area (Å²) in [5.74, 6) is 0.204. The van der Waals surface area contributed by atoms with Gasteiger partial charge in [-0.3, -0.25) is 10.1 Å². The third-order valence-corrected chi connectivity index (χ3v) is 4.89. The van der Waals surface area contributed by atoms with Crippen LogP contribution in [0.15, 0.2) is 24.3 Å². The Labute approximate surface area is 126 Å². The van der Waals surface area contributed by atoms with Gasteiger partial charge in [-0.05, 0) is 30.7 Å². The third kappa shape index (κ3) is 3.18. The van der Waals surface area contributed by atoms with Crippen LogP contribution < -0.4 is 5.32 Å². The molecule has 1 N–H and O–H groups in total. The molecule has 1 aromatic rings. The maximum absolute atomic E-state index is 12.3. The lowest BCUT2D eigenvalue weighted by molar-refractivity contribution is -0.129. The first kappa shape index (κ1) is 15.4. The van der Waals surface area contributed by atoms with Crippen LogP contribution in [0.1, 0.15) is 38.1 Å². The number of nitrogens with one attached hydrogen (secondary N) is 1. The minimum absolute atomic E-state index is 0.0120. The molecule has 1 aliphatic heterocycles. The van der Waals surface area contributed by atoms with Crippen LogP contribution in [0.25, 0.3) is 0 Å². The number of carbonyl (C=O) groups is 1. The zero-order valence-electron chi connectivity index (χ0n) is 12.7. The van der Waals surface area contributed by atoms with Crippen LogP contribution in [0.2, 0.25) is 0 Å².